The fourth-order valence-corrected chi connectivity index (χ4v) is 6.10. The third-order valence-corrected chi connectivity index (χ3v) is 7.55. The van der Waals surface area contributed by atoms with Crippen LogP contribution in [0.4, 0.5) is 0 Å². The molecule has 0 spiro atoms. The van der Waals surface area contributed by atoms with Gasteiger partial charge >= 0.3 is 5.97 Å². The number of carboxylic acid groups (broad SMARTS) is 1. The number of fused-ring (bicyclic) bond motifs is 3. The van der Waals surface area contributed by atoms with Crippen LogP contribution in [0.5, 0.6) is 5.75 Å². The molecule has 0 amide bonds. The zero-order chi connectivity index (χ0) is 22.9. The van der Waals surface area contributed by atoms with Gasteiger partial charge in [0.1, 0.15) is 17.5 Å². The lowest BCUT2D eigenvalue weighted by Gasteiger charge is -2.47. The van der Waals surface area contributed by atoms with E-state index in [1.54, 1.807) is 6.07 Å². The topological polar surface area (TPSA) is 99.9 Å². The third kappa shape index (κ3) is 2.54. The second-order valence-electron chi connectivity index (χ2n) is 9.25. The predicted octanol–water partition coefficient (Wildman–Crippen LogP) is 3.73. The molecule has 0 bridgehead atoms. The summed E-state index contributed by atoms with van der Waals surface area (Å²) in [6, 6.07) is 8.96. The van der Waals surface area contributed by atoms with E-state index in [4.69, 9.17) is 16.3 Å². The van der Waals surface area contributed by atoms with Crippen molar-refractivity contribution in [2.24, 2.45) is 17.3 Å². The molecule has 7 heteroatoms. The van der Waals surface area contributed by atoms with Crippen LogP contribution in [-0.4, -0.2) is 32.4 Å². The number of halogens is 1. The molecular weight excluding hydrogens is 430 g/mol. The number of nitrogens with zero attached hydrogens (tertiary/aromatic N) is 1. The molecular formula is C25H24ClNO5. The van der Waals surface area contributed by atoms with Crippen molar-refractivity contribution in [3.8, 4) is 5.75 Å². The average Bonchev–Trinajstić information content (AvgIpc) is 3.12. The van der Waals surface area contributed by atoms with Gasteiger partial charge in [0.2, 0.25) is 0 Å². The molecule has 1 aliphatic heterocycles. The Hall–Kier alpha value is -2.67. The predicted molar refractivity (Wildman–Crippen MR) is 118 cm³/mol. The second kappa shape index (κ2) is 6.91. The fourth-order valence-electron chi connectivity index (χ4n) is 5.95. The Morgan fingerprint density at radius 1 is 1.25 bits per heavy atom. The Morgan fingerprint density at radius 2 is 1.97 bits per heavy atom. The van der Waals surface area contributed by atoms with Gasteiger partial charge in [0.05, 0.1) is 10.9 Å². The first-order chi connectivity index (χ1) is 15.1. The van der Waals surface area contributed by atoms with Crippen molar-refractivity contribution in [2.45, 2.75) is 37.6 Å². The second-order valence-corrected chi connectivity index (χ2v) is 9.69. The number of aromatic nitrogens is 1. The number of carboxylic acids is 1. The highest BCUT2D eigenvalue weighted by Gasteiger charge is 2.80. The summed E-state index contributed by atoms with van der Waals surface area (Å²) in [5, 5.41) is 34.3. The molecule has 1 fully saturated rings. The minimum atomic E-state index is -2.09. The van der Waals surface area contributed by atoms with Crippen LogP contribution in [0.1, 0.15) is 30.2 Å². The summed E-state index contributed by atoms with van der Waals surface area (Å²) in [5.74, 6) is -3.06. The summed E-state index contributed by atoms with van der Waals surface area (Å²) >= 11 is 6.16. The molecule has 0 radical (unpaired) electrons. The number of aliphatic carboxylic acids is 1. The number of hydrogen-bond acceptors (Lipinski definition) is 5. The Kier molecular flexibility index (Phi) is 4.58. The maximum absolute atomic E-state index is 12.6. The fraction of sp³-hybridized carbons (Fsp3) is 0.360. The summed E-state index contributed by atoms with van der Waals surface area (Å²) in [4.78, 5) is 16.9. The molecule has 32 heavy (non-hydrogen) atoms. The Bertz CT molecular complexity index is 1160. The van der Waals surface area contributed by atoms with Gasteiger partial charge in [-0.3, -0.25) is 9.78 Å². The minimum absolute atomic E-state index is 0.0997. The number of carbonyl (C=O) groups is 1. The van der Waals surface area contributed by atoms with Gasteiger partial charge in [-0.25, -0.2) is 0 Å². The Balaban J connectivity index is 1.86. The molecule has 2 heterocycles. The van der Waals surface area contributed by atoms with Gasteiger partial charge in [0.15, 0.2) is 11.2 Å². The molecule has 1 aromatic carbocycles. The van der Waals surface area contributed by atoms with Crippen molar-refractivity contribution in [1.82, 2.24) is 4.98 Å². The van der Waals surface area contributed by atoms with E-state index in [-0.39, 0.29) is 11.4 Å². The third-order valence-electron chi connectivity index (χ3n) is 7.34. The van der Waals surface area contributed by atoms with Crippen LogP contribution in [0.25, 0.3) is 0 Å². The van der Waals surface area contributed by atoms with Gasteiger partial charge in [-0.05, 0) is 24.3 Å². The van der Waals surface area contributed by atoms with Crippen LogP contribution in [0.3, 0.4) is 0 Å². The average molecular weight is 454 g/mol. The lowest BCUT2D eigenvalue weighted by Crippen LogP contribution is -2.55. The summed E-state index contributed by atoms with van der Waals surface area (Å²) in [5.41, 5.74) is -2.72. The molecule has 3 N–H and O–H groups in total. The molecule has 1 aromatic heterocycles. The van der Waals surface area contributed by atoms with Gasteiger partial charge in [0.25, 0.3) is 0 Å². The highest BCUT2D eigenvalue weighted by Crippen LogP contribution is 2.69. The van der Waals surface area contributed by atoms with E-state index in [1.165, 1.54) is 6.20 Å². The Morgan fingerprint density at radius 3 is 2.59 bits per heavy atom. The van der Waals surface area contributed by atoms with Crippen LogP contribution in [-0.2, 0) is 16.0 Å². The summed E-state index contributed by atoms with van der Waals surface area (Å²) < 4.78 is 6.53. The summed E-state index contributed by atoms with van der Waals surface area (Å²) in [6.07, 6.45) is 7.91. The van der Waals surface area contributed by atoms with E-state index >= 15 is 0 Å². The van der Waals surface area contributed by atoms with Crippen molar-refractivity contribution in [2.75, 3.05) is 0 Å². The van der Waals surface area contributed by atoms with E-state index in [2.05, 4.69) is 4.98 Å². The lowest BCUT2D eigenvalue weighted by atomic mass is 9.60. The smallest absolute Gasteiger partial charge is 0.309 e. The largest absolute Gasteiger partial charge is 0.481 e. The zero-order valence-corrected chi connectivity index (χ0v) is 18.5. The Labute approximate surface area is 190 Å². The number of benzene rings is 1. The summed E-state index contributed by atoms with van der Waals surface area (Å²) in [7, 11) is 0. The normalized spacial score (nSPS) is 37.1. The first-order valence-electron chi connectivity index (χ1n) is 10.5. The SMILES string of the molecule is Cc1ccc([C@@]23Oc4cc(Cl)cnc4[C@]2(O)[C@H](O)[C@H](C(=O)O)[C@H]3C2(C)C=CC=CC2)cc1. The molecule has 1 unspecified atom stereocenters. The molecule has 2 aliphatic carbocycles. The van der Waals surface area contributed by atoms with E-state index < -0.39 is 40.5 Å². The molecule has 6 atom stereocenters. The number of ether oxygens (including phenoxy) is 1. The molecule has 0 saturated heterocycles. The maximum atomic E-state index is 12.6. The van der Waals surface area contributed by atoms with Crippen LogP contribution in [0, 0.1) is 24.2 Å². The molecule has 166 valence electrons. The highest BCUT2D eigenvalue weighted by molar-refractivity contribution is 6.30. The number of hydrogen-bond donors (Lipinski definition) is 3. The van der Waals surface area contributed by atoms with Crippen molar-refractivity contribution in [3.05, 3.63) is 82.7 Å². The van der Waals surface area contributed by atoms with E-state index in [9.17, 15) is 20.1 Å². The first-order valence-corrected chi connectivity index (χ1v) is 10.9. The van der Waals surface area contributed by atoms with Crippen molar-refractivity contribution in [1.29, 1.82) is 0 Å². The van der Waals surface area contributed by atoms with Gasteiger partial charge < -0.3 is 20.1 Å². The lowest BCUT2D eigenvalue weighted by molar-refractivity contribution is -0.167. The number of aliphatic hydroxyl groups excluding tert-OH is 1. The zero-order valence-electron chi connectivity index (χ0n) is 17.7. The standard InChI is InChI=1S/C25H24ClNO5/c1-14-6-8-15(9-7-14)25-19(23(2)10-4-3-5-11-23)18(22(29)30)21(28)24(25,31)20-17(32-25)12-16(26)13-27-20/h3-10,12-13,18-19,21,28,31H,11H2,1-2H3,(H,29,30)/t18-,19+,21-,23?,24+,25+/m1/s1. The molecule has 1 saturated carbocycles. The maximum Gasteiger partial charge on any atom is 0.309 e. The van der Waals surface area contributed by atoms with Gasteiger partial charge in [0, 0.05) is 18.2 Å². The van der Waals surface area contributed by atoms with Crippen molar-refractivity contribution in [3.63, 3.8) is 0 Å². The monoisotopic (exact) mass is 453 g/mol. The van der Waals surface area contributed by atoms with Crippen LogP contribution < -0.4 is 4.74 Å². The minimum Gasteiger partial charge on any atom is -0.481 e. The quantitative estimate of drug-likeness (QED) is 0.654. The summed E-state index contributed by atoms with van der Waals surface area (Å²) in [6.45, 7) is 3.88. The number of aliphatic hydroxyl groups is 2. The molecule has 6 nitrogen and oxygen atoms in total. The number of pyridine rings is 1. The molecule has 5 rings (SSSR count). The highest BCUT2D eigenvalue weighted by atomic mass is 35.5. The van der Waals surface area contributed by atoms with E-state index in [0.717, 1.165) is 5.56 Å². The van der Waals surface area contributed by atoms with Crippen LogP contribution >= 0.6 is 11.6 Å². The van der Waals surface area contributed by atoms with Crippen LogP contribution in [0.2, 0.25) is 5.02 Å². The van der Waals surface area contributed by atoms with Gasteiger partial charge in [-0.1, -0.05) is 72.7 Å². The van der Waals surface area contributed by atoms with E-state index in [1.807, 2.05) is 62.4 Å². The molecule has 3 aliphatic rings. The number of aryl methyl sites for hydroxylation is 1. The van der Waals surface area contributed by atoms with Gasteiger partial charge in [-0.15, -0.1) is 0 Å². The number of rotatable bonds is 3. The van der Waals surface area contributed by atoms with E-state index in [0.29, 0.717) is 17.0 Å². The van der Waals surface area contributed by atoms with Crippen molar-refractivity contribution < 1.29 is 24.9 Å². The van der Waals surface area contributed by atoms with Crippen LogP contribution in [0.15, 0.2) is 60.8 Å². The van der Waals surface area contributed by atoms with Gasteiger partial charge in [-0.2, -0.15) is 0 Å². The number of allylic oxidation sites excluding steroid dienone is 4. The van der Waals surface area contributed by atoms with Crippen molar-refractivity contribution >= 4 is 17.6 Å². The first kappa shape index (κ1) is 21.2. The molecule has 2 aromatic rings.